The Morgan fingerprint density at radius 1 is 1.00 bits per heavy atom. The molecule has 10 heavy (non-hydrogen) atoms. The van der Waals surface area contributed by atoms with Crippen LogP contribution in [0.3, 0.4) is 0 Å². The Morgan fingerprint density at radius 2 is 1.50 bits per heavy atom. The fraction of sp³-hybridized carbons (Fsp3) is 1.00. The highest BCUT2D eigenvalue weighted by atomic mass is 15.0. The van der Waals surface area contributed by atoms with E-state index in [1.54, 1.807) is 0 Å². The van der Waals surface area contributed by atoms with E-state index in [-0.39, 0.29) is 11.1 Å². The Hall–Kier alpha value is -0.0800. The minimum absolute atomic E-state index is 0.180. The topological polar surface area (TPSA) is 52.0 Å². The molecule has 0 spiro atoms. The van der Waals surface area contributed by atoms with Crippen molar-refractivity contribution in [3.8, 4) is 0 Å². The number of hydrogen-bond acceptors (Lipinski definition) is 2. The van der Waals surface area contributed by atoms with Crippen LogP contribution in [0, 0.1) is 11.8 Å². The molecule has 2 nitrogen and oxygen atoms in total. The van der Waals surface area contributed by atoms with Crippen LogP contribution in [-0.2, 0) is 0 Å². The predicted octanol–water partition coefficient (Wildman–Crippen LogP) is 0.215. The third kappa shape index (κ3) is 0.372. The fourth-order valence-electron chi connectivity index (χ4n) is 3.68. The Kier molecular flexibility index (Phi) is 0.647. The van der Waals surface area contributed by atoms with E-state index in [1.807, 2.05) is 0 Å². The summed E-state index contributed by atoms with van der Waals surface area (Å²) in [5.41, 5.74) is 12.7. The summed E-state index contributed by atoms with van der Waals surface area (Å²) in [4.78, 5) is 0. The van der Waals surface area contributed by atoms with Gasteiger partial charge in [-0.1, -0.05) is 0 Å². The Morgan fingerprint density at radius 3 is 1.60 bits per heavy atom. The van der Waals surface area contributed by atoms with Gasteiger partial charge in [-0.05, 0) is 37.5 Å². The van der Waals surface area contributed by atoms with Gasteiger partial charge >= 0.3 is 0 Å². The van der Waals surface area contributed by atoms with Gasteiger partial charge in [-0.15, -0.1) is 0 Å². The van der Waals surface area contributed by atoms with E-state index >= 15 is 0 Å². The molecule has 4 aliphatic carbocycles. The lowest BCUT2D eigenvalue weighted by Gasteiger charge is -2.22. The highest BCUT2D eigenvalue weighted by molar-refractivity contribution is 5.25. The van der Waals surface area contributed by atoms with E-state index in [4.69, 9.17) is 11.5 Å². The zero-order valence-corrected chi connectivity index (χ0v) is 6.14. The smallest absolute Gasteiger partial charge is 0.0204 e. The SMILES string of the molecule is N[C@@]12C[C@H]3C[C@@H]1C[C@@]3(N)C2. The van der Waals surface area contributed by atoms with Crippen LogP contribution in [0.4, 0.5) is 0 Å². The van der Waals surface area contributed by atoms with Crippen LogP contribution >= 0.6 is 0 Å². The van der Waals surface area contributed by atoms with Crippen molar-refractivity contribution in [2.24, 2.45) is 23.3 Å². The van der Waals surface area contributed by atoms with Crippen molar-refractivity contribution in [3.05, 3.63) is 0 Å². The van der Waals surface area contributed by atoms with Gasteiger partial charge in [0.05, 0.1) is 0 Å². The number of rotatable bonds is 0. The zero-order valence-electron chi connectivity index (χ0n) is 6.14. The highest BCUT2D eigenvalue weighted by Gasteiger charge is 2.67. The normalized spacial score (nSPS) is 70.2. The van der Waals surface area contributed by atoms with Crippen molar-refractivity contribution in [2.75, 3.05) is 0 Å². The van der Waals surface area contributed by atoms with E-state index < -0.39 is 0 Å². The quantitative estimate of drug-likeness (QED) is 0.503. The third-order valence-electron chi connectivity index (χ3n) is 4.11. The summed E-state index contributed by atoms with van der Waals surface area (Å²) >= 11 is 0. The van der Waals surface area contributed by atoms with Crippen LogP contribution in [0.2, 0.25) is 0 Å². The van der Waals surface area contributed by atoms with Crippen LogP contribution in [0.5, 0.6) is 0 Å². The second-order valence-corrected chi connectivity index (χ2v) is 4.68. The Balaban J connectivity index is 2.15. The molecule has 0 aromatic rings. The van der Waals surface area contributed by atoms with E-state index in [2.05, 4.69) is 0 Å². The molecule has 0 unspecified atom stereocenters. The lowest BCUT2D eigenvalue weighted by Crippen LogP contribution is -2.40. The van der Waals surface area contributed by atoms with E-state index in [0.717, 1.165) is 18.3 Å². The first-order chi connectivity index (χ1) is 4.62. The van der Waals surface area contributed by atoms with Gasteiger partial charge in [-0.2, -0.15) is 0 Å². The van der Waals surface area contributed by atoms with Gasteiger partial charge in [0.2, 0.25) is 0 Å². The third-order valence-corrected chi connectivity index (χ3v) is 4.11. The molecular weight excluding hydrogens is 124 g/mol. The maximum absolute atomic E-state index is 6.19. The van der Waals surface area contributed by atoms with E-state index in [0.29, 0.717) is 0 Å². The summed E-state index contributed by atoms with van der Waals surface area (Å²) in [6.45, 7) is 0. The standard InChI is InChI=1S/C8H14N2/c9-7-2-5-1-6(7)3-8(5,10)4-7/h5-6H,1-4,9-10H2/t5-,6-,7-,8-/m1/s1. The molecule has 4 aliphatic rings. The van der Waals surface area contributed by atoms with Gasteiger partial charge in [-0.3, -0.25) is 0 Å². The summed E-state index contributed by atoms with van der Waals surface area (Å²) < 4.78 is 0. The summed E-state index contributed by atoms with van der Waals surface area (Å²) in [6.07, 6.45) is 4.87. The van der Waals surface area contributed by atoms with Gasteiger partial charge in [0.25, 0.3) is 0 Å². The Labute approximate surface area is 61.0 Å². The number of hydrogen-bond donors (Lipinski definition) is 2. The lowest BCUT2D eigenvalue weighted by atomic mass is 9.92. The molecule has 4 N–H and O–H groups in total. The van der Waals surface area contributed by atoms with Crippen molar-refractivity contribution in [2.45, 2.75) is 36.8 Å². The van der Waals surface area contributed by atoms with Crippen molar-refractivity contribution >= 4 is 0 Å². The second-order valence-electron chi connectivity index (χ2n) is 4.68. The van der Waals surface area contributed by atoms with Gasteiger partial charge in [0, 0.05) is 11.1 Å². The molecule has 0 aliphatic heterocycles. The lowest BCUT2D eigenvalue weighted by molar-refractivity contribution is 0.370. The highest BCUT2D eigenvalue weighted by Crippen LogP contribution is 2.64. The molecule has 4 saturated carbocycles. The minimum atomic E-state index is 0.180. The van der Waals surface area contributed by atoms with Crippen molar-refractivity contribution in [1.29, 1.82) is 0 Å². The summed E-state index contributed by atoms with van der Waals surface area (Å²) in [5.74, 6) is 1.56. The molecule has 4 bridgehead atoms. The maximum Gasteiger partial charge on any atom is 0.0204 e. The molecule has 0 heterocycles. The van der Waals surface area contributed by atoms with Gasteiger partial charge < -0.3 is 11.5 Å². The molecule has 4 fully saturated rings. The zero-order chi connectivity index (χ0) is 6.98. The van der Waals surface area contributed by atoms with Crippen molar-refractivity contribution in [3.63, 3.8) is 0 Å². The van der Waals surface area contributed by atoms with Gasteiger partial charge in [-0.25, -0.2) is 0 Å². The molecule has 4 atom stereocenters. The molecule has 0 aromatic carbocycles. The molecule has 56 valence electrons. The molecule has 0 radical (unpaired) electrons. The van der Waals surface area contributed by atoms with Crippen LogP contribution in [0.15, 0.2) is 0 Å². The second kappa shape index (κ2) is 1.16. The van der Waals surface area contributed by atoms with Crippen LogP contribution in [0.25, 0.3) is 0 Å². The summed E-state index contributed by atoms with van der Waals surface area (Å²) in [6, 6.07) is 0. The first-order valence-corrected chi connectivity index (χ1v) is 4.20. The van der Waals surface area contributed by atoms with Crippen molar-refractivity contribution < 1.29 is 0 Å². The van der Waals surface area contributed by atoms with Gasteiger partial charge in [0.1, 0.15) is 0 Å². The summed E-state index contributed by atoms with van der Waals surface area (Å²) in [5, 5.41) is 0. The Bertz CT molecular complexity index is 183. The van der Waals surface area contributed by atoms with Gasteiger partial charge in [0.15, 0.2) is 0 Å². The van der Waals surface area contributed by atoms with Crippen LogP contribution in [0.1, 0.15) is 25.7 Å². The largest absolute Gasteiger partial charge is 0.325 e. The van der Waals surface area contributed by atoms with Crippen LogP contribution in [-0.4, -0.2) is 11.1 Å². The molecule has 0 saturated heterocycles. The van der Waals surface area contributed by atoms with E-state index in [9.17, 15) is 0 Å². The van der Waals surface area contributed by atoms with Crippen LogP contribution < -0.4 is 11.5 Å². The molecule has 2 heteroatoms. The molecule has 0 amide bonds. The molecular formula is C8H14N2. The first kappa shape index (κ1) is 5.56. The maximum atomic E-state index is 6.19. The monoisotopic (exact) mass is 138 g/mol. The average Bonchev–Trinajstić information content (AvgIpc) is 2.27. The average molecular weight is 138 g/mol. The number of nitrogens with two attached hydrogens (primary N) is 2. The molecule has 0 aromatic heterocycles. The predicted molar refractivity (Wildman–Crippen MR) is 39.3 cm³/mol. The van der Waals surface area contributed by atoms with E-state index in [1.165, 1.54) is 19.3 Å². The fourth-order valence-corrected chi connectivity index (χ4v) is 3.68. The first-order valence-electron chi connectivity index (χ1n) is 4.20. The molecule has 4 rings (SSSR count). The summed E-state index contributed by atoms with van der Waals surface area (Å²) in [7, 11) is 0. The van der Waals surface area contributed by atoms with Crippen molar-refractivity contribution in [1.82, 2.24) is 0 Å². The minimum Gasteiger partial charge on any atom is -0.325 e.